The molecule has 3 rings (SSSR count). The van der Waals surface area contributed by atoms with Crippen LogP contribution in [0.3, 0.4) is 0 Å². The van der Waals surface area contributed by atoms with E-state index in [4.69, 9.17) is 10.5 Å². The lowest BCUT2D eigenvalue weighted by atomic mass is 9.93. The van der Waals surface area contributed by atoms with Gasteiger partial charge < -0.3 is 26.2 Å². The summed E-state index contributed by atoms with van der Waals surface area (Å²) in [6.07, 6.45) is 10.2. The number of nitrogens with one attached hydrogen (secondary N) is 2. The van der Waals surface area contributed by atoms with Gasteiger partial charge in [0.1, 0.15) is 5.82 Å². The van der Waals surface area contributed by atoms with Gasteiger partial charge in [0.25, 0.3) is 5.91 Å². The second-order valence-corrected chi connectivity index (χ2v) is 8.46. The van der Waals surface area contributed by atoms with E-state index in [9.17, 15) is 9.90 Å². The highest BCUT2D eigenvalue weighted by molar-refractivity contribution is 5.97. The minimum Gasteiger partial charge on any atom is -0.390 e. The van der Waals surface area contributed by atoms with E-state index in [0.29, 0.717) is 24.3 Å². The van der Waals surface area contributed by atoms with Crippen LogP contribution in [0.2, 0.25) is 0 Å². The van der Waals surface area contributed by atoms with E-state index in [1.165, 1.54) is 6.20 Å². The van der Waals surface area contributed by atoms with Gasteiger partial charge in [-0.15, -0.1) is 0 Å². The normalized spacial score (nSPS) is 31.0. The molecule has 156 valence electrons. The van der Waals surface area contributed by atoms with Crippen LogP contribution in [0.25, 0.3) is 0 Å². The van der Waals surface area contributed by atoms with Gasteiger partial charge in [0.05, 0.1) is 17.3 Å². The van der Waals surface area contributed by atoms with Crippen molar-refractivity contribution in [2.75, 3.05) is 17.7 Å². The van der Waals surface area contributed by atoms with Crippen molar-refractivity contribution in [1.82, 2.24) is 9.97 Å². The van der Waals surface area contributed by atoms with Gasteiger partial charge in [0, 0.05) is 25.4 Å². The molecule has 0 radical (unpaired) electrons. The summed E-state index contributed by atoms with van der Waals surface area (Å²) in [4.78, 5) is 20.7. The van der Waals surface area contributed by atoms with E-state index in [2.05, 4.69) is 20.6 Å². The summed E-state index contributed by atoms with van der Waals surface area (Å²) in [5.41, 5.74) is 5.09. The predicted molar refractivity (Wildman–Crippen MR) is 108 cm³/mol. The molecular formula is C20H33N5O3. The first-order valence-corrected chi connectivity index (χ1v) is 10.3. The third kappa shape index (κ3) is 5.54. The first-order chi connectivity index (χ1) is 13.4. The number of hydrogen-bond donors (Lipinski definition) is 4. The average molecular weight is 392 g/mol. The van der Waals surface area contributed by atoms with Gasteiger partial charge in [-0.3, -0.25) is 4.79 Å². The molecule has 5 N–H and O–H groups in total. The average Bonchev–Trinajstić information content (AvgIpc) is 2.82. The number of anilines is 2. The monoisotopic (exact) mass is 391 g/mol. The zero-order valence-electron chi connectivity index (χ0n) is 16.9. The Morgan fingerprint density at radius 1 is 1.21 bits per heavy atom. The lowest BCUT2D eigenvalue weighted by Gasteiger charge is -2.29. The van der Waals surface area contributed by atoms with Gasteiger partial charge in [0.15, 0.2) is 0 Å². The molecule has 2 aliphatic carbocycles. The van der Waals surface area contributed by atoms with Gasteiger partial charge in [-0.05, 0) is 51.9 Å². The number of rotatable bonds is 6. The van der Waals surface area contributed by atoms with E-state index in [1.54, 1.807) is 7.11 Å². The van der Waals surface area contributed by atoms with Crippen LogP contribution in [-0.2, 0) is 4.74 Å². The minimum atomic E-state index is -0.713. The quantitative estimate of drug-likeness (QED) is 0.549. The van der Waals surface area contributed by atoms with E-state index in [0.717, 1.165) is 51.4 Å². The third-order valence-corrected chi connectivity index (χ3v) is 5.94. The van der Waals surface area contributed by atoms with Crippen LogP contribution in [0.1, 0.15) is 75.1 Å². The molecular weight excluding hydrogens is 358 g/mol. The summed E-state index contributed by atoms with van der Waals surface area (Å²) in [5, 5.41) is 17.2. The molecule has 0 aromatic carbocycles. The number of carbonyl (C=O) groups is 1. The number of carbonyl (C=O) groups excluding carboxylic acids is 1. The van der Waals surface area contributed by atoms with E-state index in [-0.39, 0.29) is 17.6 Å². The molecule has 1 aromatic rings. The molecule has 2 atom stereocenters. The zero-order valence-corrected chi connectivity index (χ0v) is 16.9. The summed E-state index contributed by atoms with van der Waals surface area (Å²) in [6.45, 7) is 1.87. The van der Waals surface area contributed by atoms with Crippen LogP contribution >= 0.6 is 0 Å². The van der Waals surface area contributed by atoms with E-state index >= 15 is 0 Å². The highest BCUT2D eigenvalue weighted by Gasteiger charge is 2.29. The Balaban J connectivity index is 1.71. The van der Waals surface area contributed by atoms with Gasteiger partial charge >= 0.3 is 0 Å². The van der Waals surface area contributed by atoms with Crippen LogP contribution in [0.15, 0.2) is 6.20 Å². The molecule has 0 saturated heterocycles. The predicted octanol–water partition coefficient (Wildman–Crippen LogP) is 2.44. The summed E-state index contributed by atoms with van der Waals surface area (Å²) >= 11 is 0. The fourth-order valence-corrected chi connectivity index (χ4v) is 4.32. The van der Waals surface area contributed by atoms with Crippen molar-refractivity contribution in [3.63, 3.8) is 0 Å². The number of primary amides is 1. The van der Waals surface area contributed by atoms with Crippen LogP contribution in [-0.4, -0.2) is 51.9 Å². The first kappa shape index (κ1) is 20.8. The van der Waals surface area contributed by atoms with Crippen LogP contribution in [0.5, 0.6) is 0 Å². The molecule has 0 unspecified atom stereocenters. The molecule has 8 nitrogen and oxygen atoms in total. The number of amides is 1. The summed E-state index contributed by atoms with van der Waals surface area (Å²) in [7, 11) is 1.76. The Kier molecular flexibility index (Phi) is 6.72. The highest BCUT2D eigenvalue weighted by atomic mass is 16.5. The summed E-state index contributed by atoms with van der Waals surface area (Å²) in [5.74, 6) is 0.377. The van der Waals surface area contributed by atoms with Gasteiger partial charge in [-0.25, -0.2) is 4.98 Å². The second-order valence-electron chi connectivity index (χ2n) is 8.46. The molecule has 0 aliphatic heterocycles. The Hall–Kier alpha value is -1.93. The van der Waals surface area contributed by atoms with Gasteiger partial charge in [-0.2, -0.15) is 4.98 Å². The standard InChI is InChI=1S/C20H33N5O3/c1-20(27)10-4-3-5-14(11-20)23-18-16(17(21)26)12-22-19(25-18)24-13-6-8-15(28-2)9-7-13/h12-15,27H,3-11H2,1-2H3,(H2,21,26)(H2,22,23,24,25)/t13?,14-,15?,20-/m0/s1. The minimum absolute atomic E-state index is 0.0375. The fourth-order valence-electron chi connectivity index (χ4n) is 4.32. The maximum Gasteiger partial charge on any atom is 0.254 e. The maximum atomic E-state index is 11.8. The topological polar surface area (TPSA) is 122 Å². The lowest BCUT2D eigenvalue weighted by molar-refractivity contribution is 0.0420. The second kappa shape index (κ2) is 9.05. The molecule has 2 fully saturated rings. The number of ether oxygens (including phenoxy) is 1. The summed E-state index contributed by atoms with van der Waals surface area (Å²) < 4.78 is 5.42. The van der Waals surface area contributed by atoms with Crippen LogP contribution in [0, 0.1) is 0 Å². The van der Waals surface area contributed by atoms with Crippen molar-refractivity contribution >= 4 is 17.7 Å². The molecule has 2 saturated carbocycles. The fraction of sp³-hybridized carbons (Fsp3) is 0.750. The Morgan fingerprint density at radius 2 is 1.96 bits per heavy atom. The lowest BCUT2D eigenvalue weighted by Crippen LogP contribution is -2.33. The van der Waals surface area contributed by atoms with Gasteiger partial charge in [0.2, 0.25) is 5.95 Å². The highest BCUT2D eigenvalue weighted by Crippen LogP contribution is 2.29. The molecule has 2 aliphatic rings. The number of nitrogens with two attached hydrogens (primary N) is 1. The third-order valence-electron chi connectivity index (χ3n) is 5.94. The smallest absolute Gasteiger partial charge is 0.254 e. The van der Waals surface area contributed by atoms with Crippen molar-refractivity contribution in [3.05, 3.63) is 11.8 Å². The number of aliphatic hydroxyl groups is 1. The largest absolute Gasteiger partial charge is 0.390 e. The summed E-state index contributed by atoms with van der Waals surface area (Å²) in [6, 6.07) is 0.327. The maximum absolute atomic E-state index is 11.8. The van der Waals surface area contributed by atoms with Crippen molar-refractivity contribution in [2.24, 2.45) is 5.73 Å². The Labute approximate surface area is 166 Å². The molecule has 0 spiro atoms. The number of methoxy groups -OCH3 is 1. The molecule has 1 amide bonds. The Morgan fingerprint density at radius 3 is 2.64 bits per heavy atom. The molecule has 28 heavy (non-hydrogen) atoms. The number of aromatic nitrogens is 2. The molecule has 1 heterocycles. The van der Waals surface area contributed by atoms with Crippen LogP contribution in [0.4, 0.5) is 11.8 Å². The first-order valence-electron chi connectivity index (χ1n) is 10.3. The van der Waals surface area contributed by atoms with Crippen molar-refractivity contribution in [3.8, 4) is 0 Å². The number of nitrogens with zero attached hydrogens (tertiary/aromatic N) is 2. The SMILES string of the molecule is COC1CCC(Nc2ncc(C(N)=O)c(N[C@H]3CCCC[C@](C)(O)C3)n2)CC1. The van der Waals surface area contributed by atoms with Crippen molar-refractivity contribution in [2.45, 2.75) is 88.5 Å². The zero-order chi connectivity index (χ0) is 20.1. The van der Waals surface area contributed by atoms with Crippen molar-refractivity contribution in [1.29, 1.82) is 0 Å². The van der Waals surface area contributed by atoms with Crippen molar-refractivity contribution < 1.29 is 14.6 Å². The Bertz CT molecular complexity index is 674. The molecule has 0 bridgehead atoms. The van der Waals surface area contributed by atoms with E-state index < -0.39 is 11.5 Å². The molecule has 1 aromatic heterocycles. The van der Waals surface area contributed by atoms with Crippen LogP contribution < -0.4 is 16.4 Å². The number of hydrogen-bond acceptors (Lipinski definition) is 7. The molecule has 8 heteroatoms. The van der Waals surface area contributed by atoms with E-state index in [1.807, 2.05) is 6.92 Å². The van der Waals surface area contributed by atoms with Gasteiger partial charge in [-0.1, -0.05) is 12.8 Å².